The fourth-order valence-electron chi connectivity index (χ4n) is 4.64. The van der Waals surface area contributed by atoms with Gasteiger partial charge in [-0.25, -0.2) is 4.39 Å². The van der Waals surface area contributed by atoms with Crippen LogP contribution in [0.4, 0.5) is 4.39 Å². The molecule has 2 saturated heterocycles. The molecule has 0 saturated carbocycles. The average Bonchev–Trinajstić information content (AvgIpc) is 3.20. The third kappa shape index (κ3) is 2.95. The molecule has 0 spiro atoms. The molecule has 2 N–H and O–H groups in total. The Balaban J connectivity index is 1.84. The zero-order valence-electron chi connectivity index (χ0n) is 16.5. The number of rotatable bonds is 4. The topological polar surface area (TPSA) is 95.9 Å². The number of carbonyl (C=O) groups excluding carboxylic acids is 3. The highest BCUT2D eigenvalue weighted by molar-refractivity contribution is 6.09. The Labute approximate surface area is 172 Å². The van der Waals surface area contributed by atoms with Crippen molar-refractivity contribution in [3.63, 3.8) is 0 Å². The molecule has 0 bridgehead atoms. The van der Waals surface area contributed by atoms with Crippen LogP contribution in [0.3, 0.4) is 0 Å². The number of fused-ring (bicyclic) bond motifs is 1. The number of carbonyl (C=O) groups is 3. The Morgan fingerprint density at radius 3 is 2.37 bits per heavy atom. The van der Waals surface area contributed by atoms with Crippen molar-refractivity contribution in [1.29, 1.82) is 0 Å². The van der Waals surface area contributed by atoms with E-state index < -0.39 is 47.0 Å². The second-order valence-electron chi connectivity index (χ2n) is 7.72. The fraction of sp³-hybridized carbons (Fsp3) is 0.318. The minimum absolute atomic E-state index is 0.0687. The van der Waals surface area contributed by atoms with Crippen molar-refractivity contribution in [3.05, 3.63) is 65.5 Å². The zero-order valence-corrected chi connectivity index (χ0v) is 16.5. The molecule has 7 nitrogen and oxygen atoms in total. The number of phenols is 1. The van der Waals surface area contributed by atoms with Gasteiger partial charge in [0.25, 0.3) is 0 Å². The van der Waals surface area contributed by atoms with Crippen molar-refractivity contribution in [2.45, 2.75) is 18.0 Å². The number of nitrogens with zero attached hydrogens (tertiary/aromatic N) is 1. The summed E-state index contributed by atoms with van der Waals surface area (Å²) >= 11 is 0. The van der Waals surface area contributed by atoms with E-state index in [1.54, 1.807) is 12.1 Å². The molecule has 2 aromatic carbocycles. The van der Waals surface area contributed by atoms with Crippen LogP contribution < -0.4 is 5.32 Å². The number of methoxy groups -OCH3 is 1. The van der Waals surface area contributed by atoms with Gasteiger partial charge in [0.05, 0.1) is 18.9 Å². The molecule has 0 aliphatic carbocycles. The number of hydrogen-bond donors (Lipinski definition) is 2. The Morgan fingerprint density at radius 2 is 1.77 bits per heavy atom. The molecular weight excluding hydrogens is 391 g/mol. The van der Waals surface area contributed by atoms with Gasteiger partial charge in [-0.05, 0) is 35.4 Å². The molecule has 4 rings (SSSR count). The summed E-state index contributed by atoms with van der Waals surface area (Å²) in [7, 11) is 2.63. The van der Waals surface area contributed by atoms with E-state index in [2.05, 4.69) is 5.32 Å². The number of aromatic hydroxyl groups is 1. The quantitative estimate of drug-likeness (QED) is 0.585. The number of amides is 2. The smallest absolute Gasteiger partial charge is 0.327 e. The van der Waals surface area contributed by atoms with Crippen LogP contribution in [0.15, 0.2) is 48.5 Å². The lowest BCUT2D eigenvalue weighted by molar-refractivity contribution is -0.153. The minimum Gasteiger partial charge on any atom is -0.508 e. The van der Waals surface area contributed by atoms with Crippen LogP contribution in [0.1, 0.15) is 17.2 Å². The van der Waals surface area contributed by atoms with Gasteiger partial charge in [0.15, 0.2) is 0 Å². The van der Waals surface area contributed by atoms with E-state index in [-0.39, 0.29) is 12.2 Å². The Morgan fingerprint density at radius 1 is 1.13 bits per heavy atom. The highest BCUT2D eigenvalue weighted by Gasteiger charge is 2.68. The number of esters is 1. The van der Waals surface area contributed by atoms with Crippen molar-refractivity contribution in [1.82, 2.24) is 10.2 Å². The molecule has 2 heterocycles. The predicted octanol–water partition coefficient (Wildman–Crippen LogP) is 1.56. The summed E-state index contributed by atoms with van der Waals surface area (Å²) in [6, 6.07) is 11.2. The number of hydrogen-bond acceptors (Lipinski definition) is 6. The first-order valence-electron chi connectivity index (χ1n) is 9.49. The Bertz CT molecular complexity index is 1010. The van der Waals surface area contributed by atoms with E-state index in [4.69, 9.17) is 4.74 Å². The van der Waals surface area contributed by atoms with Crippen molar-refractivity contribution in [3.8, 4) is 5.75 Å². The molecule has 2 aliphatic heterocycles. The molecule has 8 heteroatoms. The molecule has 2 aromatic rings. The summed E-state index contributed by atoms with van der Waals surface area (Å²) in [4.78, 5) is 40.1. The largest absolute Gasteiger partial charge is 0.508 e. The minimum atomic E-state index is -1.49. The van der Waals surface area contributed by atoms with E-state index in [0.29, 0.717) is 11.1 Å². The molecule has 2 amide bonds. The molecule has 0 aromatic heterocycles. The lowest BCUT2D eigenvalue weighted by Gasteiger charge is -2.32. The van der Waals surface area contributed by atoms with Crippen molar-refractivity contribution < 1.29 is 28.6 Å². The summed E-state index contributed by atoms with van der Waals surface area (Å²) in [5.74, 6) is -3.70. The number of ether oxygens (including phenoxy) is 1. The van der Waals surface area contributed by atoms with Crippen molar-refractivity contribution in [2.24, 2.45) is 11.8 Å². The van der Waals surface area contributed by atoms with E-state index in [0.717, 1.165) is 4.90 Å². The van der Waals surface area contributed by atoms with Gasteiger partial charge in [-0.2, -0.15) is 0 Å². The van der Waals surface area contributed by atoms with Crippen LogP contribution in [-0.4, -0.2) is 47.5 Å². The highest BCUT2D eigenvalue weighted by atomic mass is 19.1. The number of likely N-dealkylation sites (tertiary alicyclic amines) is 1. The van der Waals surface area contributed by atoms with Crippen LogP contribution in [0.25, 0.3) is 0 Å². The molecule has 2 fully saturated rings. The SMILES string of the molecule is COC(=O)C1(Cc2ccc(O)cc2)NC(c2ccc(F)cc2)C2C(=O)N(C)C(=O)C21. The third-order valence-corrected chi connectivity index (χ3v) is 6.07. The maximum Gasteiger partial charge on any atom is 0.327 e. The molecular formula is C22H21FN2O5. The second kappa shape index (κ2) is 7.21. The molecule has 156 valence electrons. The van der Waals surface area contributed by atoms with E-state index >= 15 is 0 Å². The molecule has 0 radical (unpaired) electrons. The van der Waals surface area contributed by atoms with Gasteiger partial charge in [-0.15, -0.1) is 0 Å². The summed E-state index contributed by atoms with van der Waals surface area (Å²) in [6.45, 7) is 0. The van der Waals surface area contributed by atoms with Crippen molar-refractivity contribution >= 4 is 17.8 Å². The zero-order chi connectivity index (χ0) is 21.6. The number of benzene rings is 2. The first-order valence-corrected chi connectivity index (χ1v) is 9.49. The number of nitrogens with one attached hydrogen (secondary N) is 1. The van der Waals surface area contributed by atoms with Crippen LogP contribution in [-0.2, 0) is 25.5 Å². The van der Waals surface area contributed by atoms with Gasteiger partial charge in [-0.1, -0.05) is 24.3 Å². The summed E-state index contributed by atoms with van der Waals surface area (Å²) in [5.41, 5.74) is -0.217. The molecule has 2 aliphatic rings. The first kappa shape index (κ1) is 20.0. The lowest BCUT2D eigenvalue weighted by atomic mass is 9.76. The standard InChI is InChI=1S/C22H21FN2O5/c1-25-19(27)16-17(20(25)28)22(21(29)30-2,11-12-3-9-15(26)10-4-12)24-18(16)13-5-7-14(23)8-6-13/h3-10,16-18,24,26H,11H2,1-2H3. The molecule has 4 unspecified atom stereocenters. The Kier molecular flexibility index (Phi) is 4.82. The normalized spacial score (nSPS) is 28.0. The van der Waals surface area contributed by atoms with Gasteiger partial charge >= 0.3 is 5.97 Å². The van der Waals surface area contributed by atoms with Gasteiger partial charge in [0, 0.05) is 19.5 Å². The predicted molar refractivity (Wildman–Crippen MR) is 104 cm³/mol. The van der Waals surface area contributed by atoms with Crippen LogP contribution >= 0.6 is 0 Å². The number of imide groups is 1. The van der Waals surface area contributed by atoms with E-state index in [9.17, 15) is 23.9 Å². The maximum absolute atomic E-state index is 13.5. The fourth-order valence-corrected chi connectivity index (χ4v) is 4.64. The third-order valence-electron chi connectivity index (χ3n) is 6.07. The van der Waals surface area contributed by atoms with Gasteiger partial charge in [0.1, 0.15) is 17.1 Å². The van der Waals surface area contributed by atoms with Crippen LogP contribution in [0, 0.1) is 17.7 Å². The van der Waals surface area contributed by atoms with E-state index in [1.165, 1.54) is 50.6 Å². The monoisotopic (exact) mass is 412 g/mol. The Hall–Kier alpha value is -3.26. The average molecular weight is 412 g/mol. The highest BCUT2D eigenvalue weighted by Crippen LogP contribution is 2.50. The summed E-state index contributed by atoms with van der Waals surface area (Å²) in [6.07, 6.45) is 0.0751. The van der Waals surface area contributed by atoms with Crippen molar-refractivity contribution in [2.75, 3.05) is 14.2 Å². The van der Waals surface area contributed by atoms with Gasteiger partial charge in [-0.3, -0.25) is 24.6 Å². The lowest BCUT2D eigenvalue weighted by Crippen LogP contribution is -2.57. The van der Waals surface area contributed by atoms with E-state index in [1.807, 2.05) is 0 Å². The van der Waals surface area contributed by atoms with Gasteiger partial charge in [0.2, 0.25) is 11.8 Å². The molecule has 30 heavy (non-hydrogen) atoms. The maximum atomic E-state index is 13.5. The van der Waals surface area contributed by atoms with Gasteiger partial charge < -0.3 is 9.84 Å². The molecule has 4 atom stereocenters. The summed E-state index contributed by atoms with van der Waals surface area (Å²) < 4.78 is 18.5. The number of halogens is 1. The number of phenolic OH excluding ortho intramolecular Hbond substituents is 1. The van der Waals surface area contributed by atoms with Crippen LogP contribution in [0.5, 0.6) is 5.75 Å². The first-order chi connectivity index (χ1) is 14.3. The summed E-state index contributed by atoms with van der Waals surface area (Å²) in [5, 5.41) is 12.8. The second-order valence-corrected chi connectivity index (χ2v) is 7.72. The van der Waals surface area contributed by atoms with Crippen LogP contribution in [0.2, 0.25) is 0 Å².